The Hall–Kier alpha value is -1.31. The Balaban J connectivity index is 1.93. The van der Waals surface area contributed by atoms with Crippen LogP contribution in [0.4, 0.5) is 0 Å². The Kier molecular flexibility index (Phi) is 7.10. The minimum Gasteiger partial charge on any atom is -0.482 e. The lowest BCUT2D eigenvalue weighted by atomic mass is 10.2. The van der Waals surface area contributed by atoms with E-state index in [-0.39, 0.29) is 40.1 Å². The van der Waals surface area contributed by atoms with Gasteiger partial charge in [0.25, 0.3) is 5.91 Å². The molecule has 1 aromatic carbocycles. The highest BCUT2D eigenvalue weighted by atomic mass is 35.5. The van der Waals surface area contributed by atoms with Crippen molar-refractivity contribution in [1.82, 2.24) is 10.0 Å². The second kappa shape index (κ2) is 8.87. The van der Waals surface area contributed by atoms with Crippen molar-refractivity contribution >= 4 is 27.5 Å². The monoisotopic (exact) mass is 388 g/mol. The molecule has 0 aliphatic heterocycles. The van der Waals surface area contributed by atoms with Crippen LogP contribution in [0, 0.1) is 5.92 Å². The molecular weight excluding hydrogens is 364 g/mol. The lowest BCUT2D eigenvalue weighted by Crippen LogP contribution is -2.36. The van der Waals surface area contributed by atoms with Crippen LogP contribution in [0.2, 0.25) is 5.02 Å². The van der Waals surface area contributed by atoms with E-state index in [4.69, 9.17) is 16.3 Å². The molecule has 8 heteroatoms. The number of hydrogen-bond acceptors (Lipinski definition) is 4. The summed E-state index contributed by atoms with van der Waals surface area (Å²) in [5.41, 5.74) is 0. The van der Waals surface area contributed by atoms with Gasteiger partial charge in [-0.1, -0.05) is 38.3 Å². The quantitative estimate of drug-likeness (QED) is 0.717. The third-order valence-corrected chi connectivity index (χ3v) is 5.69. The van der Waals surface area contributed by atoms with Crippen LogP contribution in [0.1, 0.15) is 39.5 Å². The van der Waals surface area contributed by atoms with E-state index >= 15 is 0 Å². The Morgan fingerprint density at radius 1 is 1.32 bits per heavy atom. The topological polar surface area (TPSA) is 84.5 Å². The van der Waals surface area contributed by atoms with Gasteiger partial charge in [-0.25, -0.2) is 13.1 Å². The van der Waals surface area contributed by atoms with E-state index < -0.39 is 10.0 Å². The van der Waals surface area contributed by atoms with Crippen molar-refractivity contribution in [1.29, 1.82) is 0 Å². The number of rotatable bonds is 8. The lowest BCUT2D eigenvalue weighted by Gasteiger charge is -2.14. The molecular formula is C17H25ClN2O4S. The van der Waals surface area contributed by atoms with Crippen LogP contribution in [0.3, 0.4) is 0 Å². The van der Waals surface area contributed by atoms with E-state index in [0.717, 1.165) is 25.7 Å². The Bertz CT molecular complexity index is 701. The molecule has 1 aliphatic rings. The molecule has 1 aliphatic carbocycles. The fraction of sp³-hybridized carbons (Fsp3) is 0.588. The van der Waals surface area contributed by atoms with Crippen LogP contribution in [-0.4, -0.2) is 33.5 Å². The van der Waals surface area contributed by atoms with Gasteiger partial charge in [0.2, 0.25) is 10.0 Å². The number of hydrogen-bond donors (Lipinski definition) is 2. The first-order chi connectivity index (χ1) is 11.8. The van der Waals surface area contributed by atoms with E-state index in [2.05, 4.69) is 10.0 Å². The molecule has 2 N–H and O–H groups in total. The van der Waals surface area contributed by atoms with Crippen molar-refractivity contribution < 1.29 is 17.9 Å². The molecule has 1 amide bonds. The van der Waals surface area contributed by atoms with E-state index in [9.17, 15) is 13.2 Å². The second-order valence-electron chi connectivity index (χ2n) is 6.68. The molecule has 0 heterocycles. The van der Waals surface area contributed by atoms with Gasteiger partial charge in [0.1, 0.15) is 5.75 Å². The van der Waals surface area contributed by atoms with E-state index in [1.807, 2.05) is 13.8 Å². The minimum atomic E-state index is -3.61. The number of sulfonamides is 1. The molecule has 0 spiro atoms. The van der Waals surface area contributed by atoms with Crippen molar-refractivity contribution in [2.45, 2.75) is 50.5 Å². The second-order valence-corrected chi connectivity index (χ2v) is 8.85. The normalized spacial score (nSPS) is 15.5. The number of carbonyl (C=O) groups excluding carboxylic acids is 1. The maximum absolute atomic E-state index is 12.2. The van der Waals surface area contributed by atoms with Crippen LogP contribution >= 0.6 is 11.6 Å². The number of nitrogens with one attached hydrogen (secondary N) is 2. The minimum absolute atomic E-state index is 0.0703. The molecule has 1 aromatic rings. The standard InChI is InChI=1S/C17H25ClN2O4S/c1-12(2)10-19-25(22,23)14-7-8-16(15(18)9-14)24-11-17(21)20-13-5-3-4-6-13/h7-9,12-13,19H,3-6,10-11H2,1-2H3,(H,20,21). The van der Waals surface area contributed by atoms with Gasteiger partial charge in [0.15, 0.2) is 6.61 Å². The largest absolute Gasteiger partial charge is 0.482 e. The van der Waals surface area contributed by atoms with Crippen LogP contribution in [0.15, 0.2) is 23.1 Å². The predicted molar refractivity (Wildman–Crippen MR) is 97.4 cm³/mol. The molecule has 0 unspecified atom stereocenters. The molecule has 25 heavy (non-hydrogen) atoms. The zero-order valence-electron chi connectivity index (χ0n) is 14.5. The van der Waals surface area contributed by atoms with Crippen molar-refractivity contribution in [3.63, 3.8) is 0 Å². The summed E-state index contributed by atoms with van der Waals surface area (Å²) in [7, 11) is -3.61. The maximum atomic E-state index is 12.2. The first-order valence-electron chi connectivity index (χ1n) is 8.49. The summed E-state index contributed by atoms with van der Waals surface area (Å²) < 4.78 is 32.3. The molecule has 140 valence electrons. The van der Waals surface area contributed by atoms with Gasteiger partial charge < -0.3 is 10.1 Å². The zero-order valence-corrected chi connectivity index (χ0v) is 16.1. The molecule has 0 saturated heterocycles. The van der Waals surface area contributed by atoms with Crippen molar-refractivity contribution in [3.8, 4) is 5.75 Å². The number of carbonyl (C=O) groups is 1. The number of amides is 1. The average Bonchev–Trinajstić information content (AvgIpc) is 3.04. The van der Waals surface area contributed by atoms with E-state index in [0.29, 0.717) is 6.54 Å². The average molecular weight is 389 g/mol. The van der Waals surface area contributed by atoms with Crippen LogP contribution in [-0.2, 0) is 14.8 Å². The predicted octanol–water partition coefficient (Wildman–Crippen LogP) is 2.71. The SMILES string of the molecule is CC(C)CNS(=O)(=O)c1ccc(OCC(=O)NC2CCCC2)c(Cl)c1. The molecule has 1 fully saturated rings. The van der Waals surface area contributed by atoms with Gasteiger partial charge in [0, 0.05) is 12.6 Å². The Morgan fingerprint density at radius 2 is 2.00 bits per heavy atom. The Labute approximate surface area is 154 Å². The highest BCUT2D eigenvalue weighted by Crippen LogP contribution is 2.27. The highest BCUT2D eigenvalue weighted by molar-refractivity contribution is 7.89. The van der Waals surface area contributed by atoms with Gasteiger partial charge >= 0.3 is 0 Å². The smallest absolute Gasteiger partial charge is 0.258 e. The highest BCUT2D eigenvalue weighted by Gasteiger charge is 2.19. The van der Waals surface area contributed by atoms with Crippen molar-refractivity contribution in [3.05, 3.63) is 23.2 Å². The van der Waals surface area contributed by atoms with Gasteiger partial charge in [-0.2, -0.15) is 0 Å². The summed E-state index contributed by atoms with van der Waals surface area (Å²) in [5.74, 6) is 0.288. The first kappa shape index (κ1) is 20.0. The van der Waals surface area contributed by atoms with E-state index in [1.54, 1.807) is 0 Å². The van der Waals surface area contributed by atoms with Crippen LogP contribution in [0.5, 0.6) is 5.75 Å². The summed E-state index contributed by atoms with van der Waals surface area (Å²) in [5, 5.41) is 3.07. The van der Waals surface area contributed by atoms with Crippen molar-refractivity contribution in [2.24, 2.45) is 5.92 Å². The molecule has 6 nitrogen and oxygen atoms in total. The molecule has 1 saturated carbocycles. The lowest BCUT2D eigenvalue weighted by molar-refractivity contribution is -0.123. The molecule has 0 bridgehead atoms. The third-order valence-electron chi connectivity index (χ3n) is 3.97. The molecule has 0 radical (unpaired) electrons. The first-order valence-corrected chi connectivity index (χ1v) is 10.4. The fourth-order valence-corrected chi connectivity index (χ4v) is 4.15. The molecule has 0 aromatic heterocycles. The van der Waals surface area contributed by atoms with E-state index in [1.165, 1.54) is 18.2 Å². The van der Waals surface area contributed by atoms with Crippen molar-refractivity contribution in [2.75, 3.05) is 13.2 Å². The summed E-state index contributed by atoms with van der Waals surface area (Å²) in [6, 6.07) is 4.44. The maximum Gasteiger partial charge on any atom is 0.258 e. The summed E-state index contributed by atoms with van der Waals surface area (Å²) in [6.45, 7) is 4.04. The summed E-state index contributed by atoms with van der Waals surface area (Å²) in [6.07, 6.45) is 4.28. The number of benzene rings is 1. The number of halogens is 1. The van der Waals surface area contributed by atoms with Gasteiger partial charge in [-0.15, -0.1) is 0 Å². The summed E-state index contributed by atoms with van der Waals surface area (Å²) in [4.78, 5) is 11.9. The fourth-order valence-electron chi connectivity index (χ4n) is 2.61. The van der Waals surface area contributed by atoms with Gasteiger partial charge in [0.05, 0.1) is 9.92 Å². The summed E-state index contributed by atoms with van der Waals surface area (Å²) >= 11 is 6.10. The van der Waals surface area contributed by atoms with Crippen LogP contribution in [0.25, 0.3) is 0 Å². The molecule has 0 atom stereocenters. The van der Waals surface area contributed by atoms with Crippen LogP contribution < -0.4 is 14.8 Å². The number of ether oxygens (including phenoxy) is 1. The van der Waals surface area contributed by atoms with Gasteiger partial charge in [-0.3, -0.25) is 4.79 Å². The Morgan fingerprint density at radius 3 is 2.60 bits per heavy atom. The third kappa shape index (κ3) is 6.17. The molecule has 2 rings (SSSR count). The zero-order chi connectivity index (χ0) is 18.4. The van der Waals surface area contributed by atoms with Gasteiger partial charge in [-0.05, 0) is 37.0 Å².